The molecular formula is C18H15N3NaO8S2+. The quantitative estimate of drug-likeness (QED) is 0.226. The van der Waals surface area contributed by atoms with Crippen LogP contribution < -0.4 is 34.9 Å². The maximum atomic E-state index is 11.9. The SMILES string of the molecule is CC(=O)Nc1cc(S(=O)(=O)O)cc2cc(S(=O)(=O)O)c(N=Nc3ccccc3)c(O)c12.[Na+]. The second-order valence-electron chi connectivity index (χ2n) is 6.31. The van der Waals surface area contributed by atoms with Gasteiger partial charge in [0, 0.05) is 12.3 Å². The zero-order valence-electron chi connectivity index (χ0n) is 16.7. The molecule has 0 radical (unpaired) electrons. The van der Waals surface area contributed by atoms with Crippen molar-refractivity contribution in [2.45, 2.75) is 16.7 Å². The van der Waals surface area contributed by atoms with Crippen molar-refractivity contribution in [2.75, 3.05) is 5.32 Å². The molecule has 0 fully saturated rings. The topological polar surface area (TPSA) is 183 Å². The van der Waals surface area contributed by atoms with Crippen molar-refractivity contribution in [1.82, 2.24) is 0 Å². The van der Waals surface area contributed by atoms with E-state index in [1.165, 1.54) is 0 Å². The van der Waals surface area contributed by atoms with E-state index < -0.39 is 47.4 Å². The molecule has 0 saturated heterocycles. The van der Waals surface area contributed by atoms with Gasteiger partial charge in [-0.2, -0.15) is 21.9 Å². The van der Waals surface area contributed by atoms with E-state index in [-0.39, 0.29) is 46.0 Å². The van der Waals surface area contributed by atoms with E-state index in [0.29, 0.717) is 5.69 Å². The Hall–Kier alpha value is -2.39. The molecule has 3 aromatic carbocycles. The monoisotopic (exact) mass is 488 g/mol. The van der Waals surface area contributed by atoms with Gasteiger partial charge in [0.1, 0.15) is 10.6 Å². The van der Waals surface area contributed by atoms with Gasteiger partial charge in [-0.25, -0.2) is 0 Å². The predicted molar refractivity (Wildman–Crippen MR) is 110 cm³/mol. The number of benzene rings is 3. The fraction of sp³-hybridized carbons (Fsp3) is 0.0556. The van der Waals surface area contributed by atoms with Crippen molar-refractivity contribution in [3.05, 3.63) is 48.5 Å². The molecule has 0 aromatic heterocycles. The van der Waals surface area contributed by atoms with Crippen LogP contribution in [0.25, 0.3) is 10.8 Å². The molecule has 0 aliphatic heterocycles. The summed E-state index contributed by atoms with van der Waals surface area (Å²) in [7, 11) is -9.71. The molecule has 0 saturated carbocycles. The van der Waals surface area contributed by atoms with Crippen LogP contribution in [-0.2, 0) is 25.0 Å². The third kappa shape index (κ3) is 5.69. The van der Waals surface area contributed by atoms with Gasteiger partial charge < -0.3 is 10.4 Å². The average Bonchev–Trinajstić information content (AvgIpc) is 2.65. The van der Waals surface area contributed by atoms with Gasteiger partial charge in [0.05, 0.1) is 16.3 Å². The van der Waals surface area contributed by atoms with E-state index in [1.54, 1.807) is 30.3 Å². The second-order valence-corrected chi connectivity index (χ2v) is 9.12. The van der Waals surface area contributed by atoms with Crippen LogP contribution in [0.15, 0.2) is 68.6 Å². The summed E-state index contributed by atoms with van der Waals surface area (Å²) >= 11 is 0. The minimum Gasteiger partial charge on any atom is -0.505 e. The number of rotatable bonds is 5. The largest absolute Gasteiger partial charge is 1.00 e. The normalized spacial score (nSPS) is 12.0. The van der Waals surface area contributed by atoms with Crippen LogP contribution in [0.1, 0.15) is 6.92 Å². The third-order valence-electron chi connectivity index (χ3n) is 4.03. The fourth-order valence-corrected chi connectivity index (χ4v) is 3.99. The molecule has 3 aromatic rings. The van der Waals surface area contributed by atoms with Gasteiger partial charge >= 0.3 is 29.6 Å². The summed E-state index contributed by atoms with van der Waals surface area (Å²) in [5.74, 6) is -1.44. The van der Waals surface area contributed by atoms with Crippen LogP contribution in [0.2, 0.25) is 0 Å². The first-order chi connectivity index (χ1) is 14.4. The Kier molecular flexibility index (Phi) is 7.78. The summed E-state index contributed by atoms with van der Waals surface area (Å²) in [4.78, 5) is 10.0. The molecule has 1 amide bonds. The summed E-state index contributed by atoms with van der Waals surface area (Å²) in [5.41, 5.74) is -0.565. The van der Waals surface area contributed by atoms with Crippen molar-refractivity contribution in [1.29, 1.82) is 0 Å². The van der Waals surface area contributed by atoms with Crippen LogP contribution in [0.4, 0.5) is 17.1 Å². The van der Waals surface area contributed by atoms with E-state index in [4.69, 9.17) is 0 Å². The molecule has 0 unspecified atom stereocenters. The number of phenolic OH excluding ortho intramolecular Hbond substituents is 1. The molecule has 0 heterocycles. The minimum atomic E-state index is -4.95. The van der Waals surface area contributed by atoms with Crippen molar-refractivity contribution < 1.29 is 65.4 Å². The Balaban J connectivity index is 0.00000363. The van der Waals surface area contributed by atoms with E-state index in [2.05, 4.69) is 15.5 Å². The molecule has 162 valence electrons. The maximum absolute atomic E-state index is 11.9. The average molecular weight is 488 g/mol. The molecule has 4 N–H and O–H groups in total. The van der Waals surface area contributed by atoms with Gasteiger partial charge in [-0.1, -0.05) is 18.2 Å². The summed E-state index contributed by atoms with van der Waals surface area (Å²) < 4.78 is 66.0. The summed E-state index contributed by atoms with van der Waals surface area (Å²) in [6.07, 6.45) is 0. The van der Waals surface area contributed by atoms with E-state index in [9.17, 15) is 35.8 Å². The van der Waals surface area contributed by atoms with Gasteiger partial charge in [0.25, 0.3) is 20.2 Å². The van der Waals surface area contributed by atoms with Crippen molar-refractivity contribution in [2.24, 2.45) is 10.2 Å². The molecule has 0 bridgehead atoms. The zero-order valence-corrected chi connectivity index (χ0v) is 20.3. The first kappa shape index (κ1) is 25.9. The Morgan fingerprint density at radius 1 is 0.938 bits per heavy atom. The van der Waals surface area contributed by atoms with Gasteiger partial charge in [0.15, 0.2) is 5.75 Å². The summed E-state index contributed by atoms with van der Waals surface area (Å²) in [5, 5.41) is 20.2. The number of phenols is 1. The first-order valence-corrected chi connectivity index (χ1v) is 11.3. The Bertz CT molecular complexity index is 1440. The number of azo groups is 1. The van der Waals surface area contributed by atoms with Crippen molar-refractivity contribution in [3.63, 3.8) is 0 Å². The van der Waals surface area contributed by atoms with E-state index in [1.807, 2.05) is 0 Å². The molecule has 0 aliphatic rings. The minimum absolute atomic E-state index is 0. The van der Waals surface area contributed by atoms with Crippen LogP contribution in [0.5, 0.6) is 5.75 Å². The molecule has 0 spiro atoms. The molecule has 0 aliphatic carbocycles. The number of carbonyl (C=O) groups excluding carboxylic acids is 1. The predicted octanol–water partition coefficient (Wildman–Crippen LogP) is 0.417. The summed E-state index contributed by atoms with van der Waals surface area (Å²) in [6, 6.07) is 10.7. The van der Waals surface area contributed by atoms with E-state index >= 15 is 0 Å². The van der Waals surface area contributed by atoms with Gasteiger partial charge in [-0.3, -0.25) is 13.9 Å². The zero-order chi connectivity index (χ0) is 23.0. The molecule has 32 heavy (non-hydrogen) atoms. The molecule has 11 nitrogen and oxygen atoms in total. The molecule has 3 rings (SSSR count). The number of fused-ring (bicyclic) bond motifs is 1. The van der Waals surface area contributed by atoms with Crippen molar-refractivity contribution >= 4 is 54.0 Å². The van der Waals surface area contributed by atoms with Gasteiger partial charge in [0.2, 0.25) is 5.91 Å². The van der Waals surface area contributed by atoms with Crippen LogP contribution in [-0.4, -0.2) is 37.0 Å². The first-order valence-electron chi connectivity index (χ1n) is 8.41. The number of hydrogen-bond acceptors (Lipinski definition) is 8. The Morgan fingerprint density at radius 3 is 2.09 bits per heavy atom. The Morgan fingerprint density at radius 2 is 1.56 bits per heavy atom. The fourth-order valence-electron chi connectivity index (χ4n) is 2.79. The molecule has 0 atom stereocenters. The maximum Gasteiger partial charge on any atom is 1.00 e. The van der Waals surface area contributed by atoms with Crippen molar-refractivity contribution in [3.8, 4) is 5.75 Å². The number of nitrogens with one attached hydrogen (secondary N) is 1. The van der Waals surface area contributed by atoms with Crippen LogP contribution in [0, 0.1) is 0 Å². The number of anilines is 1. The standard InChI is InChI=1S/C18H15N3O8S2.Na/c1-10(22)19-14-9-13(30(24,25)26)7-11-8-15(31(27,28)29)17(18(23)16(11)14)21-20-12-5-3-2-4-6-12;/h2-9,23H,1H3,(H,19,22)(H,24,25,26)(H,27,28,29);/q;+1. The van der Waals surface area contributed by atoms with Crippen LogP contribution >= 0.6 is 0 Å². The third-order valence-corrected chi connectivity index (χ3v) is 5.73. The number of amides is 1. The Labute approximate surface area is 205 Å². The van der Waals surface area contributed by atoms with Gasteiger partial charge in [-0.15, -0.1) is 5.11 Å². The summed E-state index contributed by atoms with van der Waals surface area (Å²) in [6.45, 7) is 1.12. The smallest absolute Gasteiger partial charge is 0.505 e. The van der Waals surface area contributed by atoms with E-state index in [0.717, 1.165) is 25.1 Å². The second kappa shape index (κ2) is 9.62. The molecular weight excluding hydrogens is 473 g/mol. The number of nitrogens with zero attached hydrogens (tertiary/aromatic N) is 2. The molecule has 14 heteroatoms. The number of hydrogen-bond donors (Lipinski definition) is 4. The number of aromatic hydroxyl groups is 1. The van der Waals surface area contributed by atoms with Gasteiger partial charge in [-0.05, 0) is 35.7 Å². The van der Waals surface area contributed by atoms with Crippen LogP contribution in [0.3, 0.4) is 0 Å². The number of carbonyl (C=O) groups is 1.